The first-order valence-corrected chi connectivity index (χ1v) is 5.21. The Hall–Kier alpha value is -1.63. The smallest absolute Gasteiger partial charge is 0.129 e. The molecule has 1 aromatic rings. The number of ether oxygens (including phenoxy) is 1. The summed E-state index contributed by atoms with van der Waals surface area (Å²) >= 11 is 0. The van der Waals surface area contributed by atoms with E-state index in [1.54, 1.807) is 0 Å². The molecule has 1 aliphatic carbocycles. The minimum absolute atomic E-state index is 0.157. The zero-order chi connectivity index (χ0) is 11.5. The Morgan fingerprint density at radius 3 is 2.50 bits per heavy atom. The highest BCUT2D eigenvalue weighted by Gasteiger charge is 2.29. The van der Waals surface area contributed by atoms with E-state index in [1.165, 1.54) is 0 Å². The molecule has 1 saturated carbocycles. The molecule has 1 aliphatic rings. The van der Waals surface area contributed by atoms with Crippen LogP contribution in [0.5, 0.6) is 5.75 Å². The normalized spacial score (nSPS) is 24.1. The molecule has 0 N–H and O–H groups in total. The Labute approximate surface area is 92.5 Å². The first-order chi connectivity index (χ1) is 7.69. The largest absolute Gasteiger partial charge is 0.489 e. The summed E-state index contributed by atoms with van der Waals surface area (Å²) in [5.74, 6) is -1.35. The molecule has 0 aliphatic heterocycles. The highest BCUT2D eigenvalue weighted by Crippen LogP contribution is 2.29. The zero-order valence-electron chi connectivity index (χ0n) is 8.62. The van der Waals surface area contributed by atoms with Gasteiger partial charge in [0.25, 0.3) is 0 Å². The van der Waals surface area contributed by atoms with Crippen LogP contribution in [0.25, 0.3) is 0 Å². The lowest BCUT2D eigenvalue weighted by atomic mass is 10.1. The highest BCUT2D eigenvalue weighted by molar-refractivity contribution is 5.24. The molecule has 0 aromatic heterocycles. The second kappa shape index (κ2) is 4.48. The quantitative estimate of drug-likeness (QED) is 0.772. The van der Waals surface area contributed by atoms with Crippen LogP contribution in [0, 0.1) is 28.9 Å². The average Bonchev–Trinajstić information content (AvgIpc) is 2.63. The molecule has 1 aromatic carbocycles. The number of hydrogen-bond acceptors (Lipinski definition) is 2. The first kappa shape index (κ1) is 10.9. The van der Waals surface area contributed by atoms with Crippen LogP contribution in [-0.4, -0.2) is 6.10 Å². The van der Waals surface area contributed by atoms with Gasteiger partial charge in [-0.1, -0.05) is 0 Å². The molecule has 16 heavy (non-hydrogen) atoms. The zero-order valence-corrected chi connectivity index (χ0v) is 8.62. The van der Waals surface area contributed by atoms with Crippen LogP contribution >= 0.6 is 0 Å². The van der Waals surface area contributed by atoms with Crippen molar-refractivity contribution < 1.29 is 13.5 Å². The van der Waals surface area contributed by atoms with Crippen molar-refractivity contribution in [1.29, 1.82) is 5.26 Å². The fourth-order valence-corrected chi connectivity index (χ4v) is 1.99. The fourth-order valence-electron chi connectivity index (χ4n) is 1.99. The van der Waals surface area contributed by atoms with Gasteiger partial charge in [-0.05, 0) is 19.3 Å². The van der Waals surface area contributed by atoms with Gasteiger partial charge in [-0.25, -0.2) is 8.78 Å². The van der Waals surface area contributed by atoms with Crippen LogP contribution in [0.2, 0.25) is 0 Å². The van der Waals surface area contributed by atoms with Crippen molar-refractivity contribution in [2.45, 2.75) is 25.4 Å². The molecule has 84 valence electrons. The minimum atomic E-state index is -0.665. The summed E-state index contributed by atoms with van der Waals surface area (Å²) in [5, 5.41) is 8.85. The van der Waals surface area contributed by atoms with E-state index in [-0.39, 0.29) is 17.8 Å². The molecular formula is C12H11F2NO. The van der Waals surface area contributed by atoms with Gasteiger partial charge >= 0.3 is 0 Å². The van der Waals surface area contributed by atoms with E-state index in [2.05, 4.69) is 6.07 Å². The maximum absolute atomic E-state index is 12.9. The molecule has 4 heteroatoms. The molecule has 2 atom stereocenters. The van der Waals surface area contributed by atoms with Crippen molar-refractivity contribution in [2.75, 3.05) is 0 Å². The molecule has 0 saturated heterocycles. The van der Waals surface area contributed by atoms with Crippen molar-refractivity contribution in [3.05, 3.63) is 29.8 Å². The highest BCUT2D eigenvalue weighted by atomic mass is 19.1. The average molecular weight is 223 g/mol. The summed E-state index contributed by atoms with van der Waals surface area (Å²) in [7, 11) is 0. The topological polar surface area (TPSA) is 33.0 Å². The Balaban J connectivity index is 2.12. The SMILES string of the molecule is N#CC1CCCC1Oc1cc(F)cc(F)c1. The van der Waals surface area contributed by atoms with Crippen molar-refractivity contribution in [3.63, 3.8) is 0 Å². The number of halogens is 2. The van der Waals surface area contributed by atoms with Crippen molar-refractivity contribution in [3.8, 4) is 11.8 Å². The summed E-state index contributed by atoms with van der Waals surface area (Å²) in [6.07, 6.45) is 2.22. The summed E-state index contributed by atoms with van der Waals surface area (Å²) < 4.78 is 31.2. The monoisotopic (exact) mass is 223 g/mol. The third-order valence-corrected chi connectivity index (χ3v) is 2.74. The maximum Gasteiger partial charge on any atom is 0.129 e. The van der Waals surface area contributed by atoms with E-state index in [9.17, 15) is 8.78 Å². The number of rotatable bonds is 2. The van der Waals surface area contributed by atoms with E-state index in [0.717, 1.165) is 37.5 Å². The van der Waals surface area contributed by atoms with Gasteiger partial charge in [0.05, 0.1) is 12.0 Å². The van der Waals surface area contributed by atoms with E-state index < -0.39 is 11.6 Å². The molecule has 2 nitrogen and oxygen atoms in total. The first-order valence-electron chi connectivity index (χ1n) is 5.21. The molecule has 0 spiro atoms. The molecule has 0 bridgehead atoms. The van der Waals surface area contributed by atoms with Crippen molar-refractivity contribution in [1.82, 2.24) is 0 Å². The van der Waals surface area contributed by atoms with E-state index in [0.29, 0.717) is 0 Å². The van der Waals surface area contributed by atoms with Gasteiger partial charge in [-0.3, -0.25) is 0 Å². The lowest BCUT2D eigenvalue weighted by Gasteiger charge is -2.16. The van der Waals surface area contributed by atoms with E-state index >= 15 is 0 Å². The van der Waals surface area contributed by atoms with Crippen molar-refractivity contribution >= 4 is 0 Å². The van der Waals surface area contributed by atoms with Gasteiger partial charge in [0.1, 0.15) is 23.5 Å². The molecular weight excluding hydrogens is 212 g/mol. The van der Waals surface area contributed by atoms with Crippen LogP contribution in [0.4, 0.5) is 8.78 Å². The Kier molecular flexibility index (Phi) is 3.04. The summed E-state index contributed by atoms with van der Waals surface area (Å²) in [6.45, 7) is 0. The predicted molar refractivity (Wildman–Crippen MR) is 53.7 cm³/mol. The van der Waals surface area contributed by atoms with Gasteiger partial charge in [0, 0.05) is 18.2 Å². The molecule has 0 heterocycles. The summed E-state index contributed by atoms with van der Waals surface area (Å²) in [6, 6.07) is 5.22. The second-order valence-electron chi connectivity index (χ2n) is 3.93. The lowest BCUT2D eigenvalue weighted by molar-refractivity contribution is 0.181. The van der Waals surface area contributed by atoms with Crippen LogP contribution in [-0.2, 0) is 0 Å². The molecule has 2 unspecified atom stereocenters. The van der Waals surface area contributed by atoms with Gasteiger partial charge in [0.15, 0.2) is 0 Å². The predicted octanol–water partition coefficient (Wildman–Crippen LogP) is 3.04. The summed E-state index contributed by atoms with van der Waals surface area (Å²) in [5.41, 5.74) is 0. The van der Waals surface area contributed by atoms with Crippen LogP contribution in [0.15, 0.2) is 18.2 Å². The Morgan fingerprint density at radius 2 is 1.88 bits per heavy atom. The number of hydrogen-bond donors (Lipinski definition) is 0. The Bertz CT molecular complexity index is 407. The van der Waals surface area contributed by atoms with Crippen LogP contribution in [0.3, 0.4) is 0 Å². The number of benzene rings is 1. The molecule has 2 rings (SSSR count). The maximum atomic E-state index is 12.9. The second-order valence-corrected chi connectivity index (χ2v) is 3.93. The van der Waals surface area contributed by atoms with E-state index in [1.807, 2.05) is 0 Å². The van der Waals surface area contributed by atoms with Crippen LogP contribution < -0.4 is 4.74 Å². The fraction of sp³-hybridized carbons (Fsp3) is 0.417. The minimum Gasteiger partial charge on any atom is -0.489 e. The summed E-state index contributed by atoms with van der Waals surface area (Å²) in [4.78, 5) is 0. The number of nitriles is 1. The molecule has 1 fully saturated rings. The Morgan fingerprint density at radius 1 is 1.19 bits per heavy atom. The number of nitrogens with zero attached hydrogens (tertiary/aromatic N) is 1. The van der Waals surface area contributed by atoms with Crippen LogP contribution in [0.1, 0.15) is 19.3 Å². The van der Waals surface area contributed by atoms with Gasteiger partial charge in [-0.15, -0.1) is 0 Å². The van der Waals surface area contributed by atoms with Crippen molar-refractivity contribution in [2.24, 2.45) is 5.92 Å². The molecule has 0 radical (unpaired) electrons. The molecule has 0 amide bonds. The van der Waals surface area contributed by atoms with Gasteiger partial charge in [0.2, 0.25) is 0 Å². The van der Waals surface area contributed by atoms with Gasteiger partial charge in [-0.2, -0.15) is 5.26 Å². The standard InChI is InChI=1S/C12H11F2NO/c13-9-4-10(14)6-11(5-9)16-12-3-1-2-8(12)7-15/h4-6,8,12H,1-3H2. The third-order valence-electron chi connectivity index (χ3n) is 2.74. The van der Waals surface area contributed by atoms with Gasteiger partial charge < -0.3 is 4.74 Å². The van der Waals surface area contributed by atoms with E-state index in [4.69, 9.17) is 10.00 Å². The lowest BCUT2D eigenvalue weighted by Crippen LogP contribution is -2.20. The third kappa shape index (κ3) is 2.30.